The molecule has 0 aliphatic carbocycles. The zero-order valence-corrected chi connectivity index (χ0v) is 13.8. The molecule has 114 valence electrons. The first-order valence-electron chi connectivity index (χ1n) is 6.70. The van der Waals surface area contributed by atoms with Gasteiger partial charge in [-0.15, -0.1) is 11.6 Å². The number of hydrogen-bond donors (Lipinski definition) is 0. The molecule has 0 spiro atoms. The van der Waals surface area contributed by atoms with E-state index in [4.69, 9.17) is 11.6 Å². The van der Waals surface area contributed by atoms with Gasteiger partial charge in [0.1, 0.15) is 4.90 Å². The summed E-state index contributed by atoms with van der Waals surface area (Å²) >= 11 is 5.79. The zero-order valence-electron chi connectivity index (χ0n) is 12.2. The van der Waals surface area contributed by atoms with Crippen molar-refractivity contribution in [2.45, 2.75) is 17.2 Å². The summed E-state index contributed by atoms with van der Waals surface area (Å²) < 4.78 is 28.3. The largest absolute Gasteiger partial charge is 0.352 e. The maximum absolute atomic E-state index is 12.5. The molecule has 0 aromatic carbocycles. The van der Waals surface area contributed by atoms with Crippen molar-refractivity contribution in [3.05, 3.63) is 18.0 Å². The third kappa shape index (κ3) is 3.19. The van der Waals surface area contributed by atoms with Crippen molar-refractivity contribution in [2.75, 3.05) is 33.7 Å². The molecule has 0 saturated carbocycles. The molecule has 1 atom stereocenters. The third-order valence-electron chi connectivity index (χ3n) is 3.93. The molecular weight excluding hydrogens is 298 g/mol. The molecule has 7 heteroatoms. The van der Waals surface area contributed by atoms with Crippen LogP contribution in [0.15, 0.2) is 17.2 Å². The van der Waals surface area contributed by atoms with Crippen LogP contribution in [-0.2, 0) is 23.0 Å². The molecule has 1 aliphatic heterocycles. The van der Waals surface area contributed by atoms with Crippen molar-refractivity contribution in [1.29, 1.82) is 0 Å². The average Bonchev–Trinajstić information content (AvgIpc) is 2.95. The zero-order chi connectivity index (χ0) is 14.9. The number of aromatic nitrogens is 1. The number of likely N-dealkylation sites (tertiary alicyclic amines) is 1. The van der Waals surface area contributed by atoms with Crippen LogP contribution in [0.5, 0.6) is 0 Å². The summed E-state index contributed by atoms with van der Waals surface area (Å²) in [5, 5.41) is 0. The van der Waals surface area contributed by atoms with Gasteiger partial charge in [0, 0.05) is 39.1 Å². The Balaban J connectivity index is 2.12. The van der Waals surface area contributed by atoms with E-state index in [1.54, 1.807) is 23.9 Å². The lowest BCUT2D eigenvalue weighted by Gasteiger charge is -2.20. The molecule has 1 unspecified atom stereocenters. The third-order valence-corrected chi connectivity index (χ3v) is 5.99. The summed E-state index contributed by atoms with van der Waals surface area (Å²) in [6.45, 7) is 2.57. The molecule has 1 aromatic rings. The van der Waals surface area contributed by atoms with E-state index in [1.807, 2.05) is 7.05 Å². The van der Waals surface area contributed by atoms with Gasteiger partial charge in [0.15, 0.2) is 0 Å². The van der Waals surface area contributed by atoms with Crippen LogP contribution in [0, 0.1) is 5.92 Å². The van der Waals surface area contributed by atoms with Crippen molar-refractivity contribution in [3.8, 4) is 0 Å². The minimum absolute atomic E-state index is 0.309. The van der Waals surface area contributed by atoms with Gasteiger partial charge in [0.05, 0.1) is 5.88 Å². The van der Waals surface area contributed by atoms with Crippen LogP contribution in [0.25, 0.3) is 0 Å². The summed E-state index contributed by atoms with van der Waals surface area (Å²) in [5.41, 5.74) is 0.805. The van der Waals surface area contributed by atoms with Gasteiger partial charge in [-0.05, 0) is 32.0 Å². The van der Waals surface area contributed by atoms with Crippen molar-refractivity contribution >= 4 is 21.6 Å². The Morgan fingerprint density at radius 1 is 1.45 bits per heavy atom. The van der Waals surface area contributed by atoms with Crippen molar-refractivity contribution in [2.24, 2.45) is 13.0 Å². The van der Waals surface area contributed by atoms with Gasteiger partial charge in [-0.1, -0.05) is 0 Å². The maximum Gasteiger partial charge on any atom is 0.244 e. The second kappa shape index (κ2) is 6.05. The Morgan fingerprint density at radius 3 is 2.65 bits per heavy atom. The smallest absolute Gasteiger partial charge is 0.244 e. The summed E-state index contributed by atoms with van der Waals surface area (Å²) in [6, 6.07) is 1.65. The van der Waals surface area contributed by atoms with Crippen LogP contribution < -0.4 is 0 Å². The number of rotatable bonds is 5. The molecule has 5 nitrogen and oxygen atoms in total. The minimum atomic E-state index is -3.42. The highest BCUT2D eigenvalue weighted by molar-refractivity contribution is 7.89. The Hall–Kier alpha value is -0.560. The second-order valence-electron chi connectivity index (χ2n) is 5.61. The molecule has 20 heavy (non-hydrogen) atoms. The number of hydrogen-bond acceptors (Lipinski definition) is 3. The predicted octanol–water partition coefficient (Wildman–Crippen LogP) is 1.34. The van der Waals surface area contributed by atoms with Crippen molar-refractivity contribution < 1.29 is 8.42 Å². The normalized spacial score (nSPS) is 20.9. The second-order valence-corrected chi connectivity index (χ2v) is 7.93. The molecule has 1 aromatic heterocycles. The highest BCUT2D eigenvalue weighted by Crippen LogP contribution is 2.22. The lowest BCUT2D eigenvalue weighted by atomic mass is 10.1. The van der Waals surface area contributed by atoms with Crippen LogP contribution in [0.4, 0.5) is 0 Å². The molecule has 1 aliphatic rings. The quantitative estimate of drug-likeness (QED) is 0.769. The maximum atomic E-state index is 12.5. The van der Waals surface area contributed by atoms with E-state index >= 15 is 0 Å². The highest BCUT2D eigenvalue weighted by Gasteiger charge is 2.28. The Morgan fingerprint density at radius 2 is 2.15 bits per heavy atom. The first-order valence-corrected chi connectivity index (χ1v) is 8.68. The molecule has 2 rings (SSSR count). The monoisotopic (exact) mass is 319 g/mol. The van der Waals surface area contributed by atoms with E-state index in [-0.39, 0.29) is 0 Å². The number of aryl methyl sites for hydroxylation is 1. The summed E-state index contributed by atoms with van der Waals surface area (Å²) in [4.78, 5) is 2.56. The van der Waals surface area contributed by atoms with E-state index < -0.39 is 10.0 Å². The number of alkyl halides is 1. The number of nitrogens with zero attached hydrogens (tertiary/aromatic N) is 3. The van der Waals surface area contributed by atoms with Gasteiger partial charge >= 0.3 is 0 Å². The minimum Gasteiger partial charge on any atom is -0.352 e. The molecule has 2 heterocycles. The lowest BCUT2D eigenvalue weighted by Crippen LogP contribution is -2.32. The van der Waals surface area contributed by atoms with E-state index in [0.29, 0.717) is 23.2 Å². The Bertz CT molecular complexity index is 570. The van der Waals surface area contributed by atoms with E-state index in [9.17, 15) is 8.42 Å². The van der Waals surface area contributed by atoms with Crippen LogP contribution >= 0.6 is 11.6 Å². The van der Waals surface area contributed by atoms with Gasteiger partial charge in [0.2, 0.25) is 10.0 Å². The molecule has 1 fully saturated rings. The van der Waals surface area contributed by atoms with Gasteiger partial charge in [-0.3, -0.25) is 0 Å². The van der Waals surface area contributed by atoms with Crippen LogP contribution in [0.2, 0.25) is 0 Å². The SMILES string of the molecule is CN1CCC(CN(C)S(=O)(=O)c2cc(CCl)n(C)c2)C1. The Labute approximate surface area is 126 Å². The fraction of sp³-hybridized carbons (Fsp3) is 0.692. The van der Waals surface area contributed by atoms with Gasteiger partial charge in [-0.25, -0.2) is 12.7 Å². The van der Waals surface area contributed by atoms with Gasteiger partial charge in [0.25, 0.3) is 0 Å². The van der Waals surface area contributed by atoms with E-state index in [0.717, 1.165) is 25.2 Å². The predicted molar refractivity (Wildman–Crippen MR) is 80.4 cm³/mol. The van der Waals surface area contributed by atoms with E-state index in [2.05, 4.69) is 11.9 Å². The lowest BCUT2D eigenvalue weighted by molar-refractivity contribution is 0.357. The van der Waals surface area contributed by atoms with Gasteiger partial charge < -0.3 is 9.47 Å². The molecule has 0 radical (unpaired) electrons. The summed E-state index contributed by atoms with van der Waals surface area (Å²) in [6.07, 6.45) is 2.68. The topological polar surface area (TPSA) is 45.6 Å². The number of sulfonamides is 1. The molecule has 0 N–H and O–H groups in total. The standard InChI is InChI=1S/C13H22ClN3O2S/c1-15-5-4-11(8-15)9-17(3)20(18,19)13-6-12(7-14)16(2)10-13/h6,10-11H,4-5,7-9H2,1-3H3. The van der Waals surface area contributed by atoms with Gasteiger partial charge in [-0.2, -0.15) is 0 Å². The molecular formula is C13H22ClN3O2S. The van der Waals surface area contributed by atoms with Crippen LogP contribution in [0.3, 0.4) is 0 Å². The number of halogens is 1. The van der Waals surface area contributed by atoms with Crippen molar-refractivity contribution in [1.82, 2.24) is 13.8 Å². The van der Waals surface area contributed by atoms with Crippen LogP contribution in [0.1, 0.15) is 12.1 Å². The summed E-state index contributed by atoms with van der Waals surface area (Å²) in [5.74, 6) is 0.722. The van der Waals surface area contributed by atoms with Crippen LogP contribution in [-0.4, -0.2) is 55.9 Å². The highest BCUT2D eigenvalue weighted by atomic mass is 35.5. The molecule has 0 bridgehead atoms. The average molecular weight is 320 g/mol. The Kier molecular flexibility index (Phi) is 4.79. The molecule has 0 amide bonds. The van der Waals surface area contributed by atoms with E-state index in [1.165, 1.54) is 4.31 Å². The van der Waals surface area contributed by atoms with Crippen molar-refractivity contribution in [3.63, 3.8) is 0 Å². The first-order chi connectivity index (χ1) is 9.34. The summed E-state index contributed by atoms with van der Waals surface area (Å²) in [7, 11) is 2.11. The fourth-order valence-corrected chi connectivity index (χ4v) is 4.28. The first kappa shape index (κ1) is 15.8. The molecule has 1 saturated heterocycles. The fourth-order valence-electron chi connectivity index (χ4n) is 2.67.